The van der Waals surface area contributed by atoms with E-state index in [9.17, 15) is 8.78 Å². The molecule has 0 amide bonds. The normalized spacial score (nSPS) is 10.7. The number of hydrogen-bond acceptors (Lipinski definition) is 2. The molecule has 0 aliphatic rings. The first-order valence-corrected chi connectivity index (χ1v) is 4.90. The number of rotatable bonds is 1. The van der Waals surface area contributed by atoms with E-state index in [-0.39, 0.29) is 9.99 Å². The van der Waals surface area contributed by atoms with Crippen LogP contribution in [0.4, 0.5) is 8.78 Å². The van der Waals surface area contributed by atoms with Crippen LogP contribution in [0.1, 0.15) is 0 Å². The van der Waals surface area contributed by atoms with Crippen LogP contribution < -0.4 is 4.74 Å². The molecule has 0 bridgehead atoms. The van der Waals surface area contributed by atoms with E-state index in [1.54, 1.807) is 0 Å². The van der Waals surface area contributed by atoms with E-state index < -0.39 is 11.6 Å². The van der Waals surface area contributed by atoms with Gasteiger partial charge in [-0.05, 0) is 22.0 Å². The Balaban J connectivity index is 2.86. The van der Waals surface area contributed by atoms with Gasteiger partial charge in [0.25, 0.3) is 0 Å². The third kappa shape index (κ3) is 1.67. The maximum absolute atomic E-state index is 13.5. The molecule has 15 heavy (non-hydrogen) atoms. The van der Waals surface area contributed by atoms with Gasteiger partial charge in [0.2, 0.25) is 0 Å². The minimum Gasteiger partial charge on any atom is -0.497 e. The molecule has 0 spiro atoms. The standard InChI is InChI=1S/C10H6BrF2NO/c1-15-5-2-6-9(11)8(13)4-14-10(6)7(12)3-5/h2-4H,1H3. The lowest BCUT2D eigenvalue weighted by Crippen LogP contribution is -1.91. The van der Waals surface area contributed by atoms with Crippen LogP contribution in [0.15, 0.2) is 22.8 Å². The van der Waals surface area contributed by atoms with Gasteiger partial charge in [-0.25, -0.2) is 8.78 Å². The van der Waals surface area contributed by atoms with Crippen molar-refractivity contribution in [3.05, 3.63) is 34.4 Å². The van der Waals surface area contributed by atoms with Crippen molar-refractivity contribution in [3.63, 3.8) is 0 Å². The minimum atomic E-state index is -0.537. The Morgan fingerprint density at radius 3 is 2.67 bits per heavy atom. The molecule has 5 heteroatoms. The zero-order valence-corrected chi connectivity index (χ0v) is 9.31. The summed E-state index contributed by atoms with van der Waals surface area (Å²) in [4.78, 5) is 3.68. The molecular formula is C10H6BrF2NO. The van der Waals surface area contributed by atoms with Gasteiger partial charge in [-0.2, -0.15) is 0 Å². The highest BCUT2D eigenvalue weighted by Crippen LogP contribution is 2.30. The summed E-state index contributed by atoms with van der Waals surface area (Å²) in [5.74, 6) is -0.742. The van der Waals surface area contributed by atoms with Crippen LogP contribution in [-0.2, 0) is 0 Å². The van der Waals surface area contributed by atoms with E-state index in [4.69, 9.17) is 4.74 Å². The van der Waals surface area contributed by atoms with Crippen molar-refractivity contribution in [2.45, 2.75) is 0 Å². The summed E-state index contributed by atoms with van der Waals surface area (Å²) in [5, 5.41) is 0.354. The first-order chi connectivity index (χ1) is 7.13. The van der Waals surface area contributed by atoms with Gasteiger partial charge in [-0.15, -0.1) is 0 Å². The van der Waals surface area contributed by atoms with Crippen LogP contribution in [0, 0.1) is 11.6 Å². The molecule has 1 aromatic heterocycles. The molecule has 2 aromatic rings. The van der Waals surface area contributed by atoms with Crippen LogP contribution >= 0.6 is 15.9 Å². The zero-order chi connectivity index (χ0) is 11.0. The Morgan fingerprint density at radius 2 is 2.00 bits per heavy atom. The average Bonchev–Trinajstić information content (AvgIpc) is 2.23. The Morgan fingerprint density at radius 1 is 1.27 bits per heavy atom. The number of pyridine rings is 1. The number of halogens is 3. The van der Waals surface area contributed by atoms with Crippen molar-refractivity contribution in [1.29, 1.82) is 0 Å². The van der Waals surface area contributed by atoms with Gasteiger partial charge >= 0.3 is 0 Å². The highest BCUT2D eigenvalue weighted by Gasteiger charge is 2.11. The lowest BCUT2D eigenvalue weighted by atomic mass is 10.2. The first kappa shape index (κ1) is 10.3. The molecule has 1 heterocycles. The van der Waals surface area contributed by atoms with Crippen molar-refractivity contribution >= 4 is 26.8 Å². The van der Waals surface area contributed by atoms with Crippen LogP contribution in [0.2, 0.25) is 0 Å². The fourth-order valence-corrected chi connectivity index (χ4v) is 1.70. The number of ether oxygens (including phenoxy) is 1. The van der Waals surface area contributed by atoms with E-state index in [1.165, 1.54) is 19.2 Å². The first-order valence-electron chi connectivity index (χ1n) is 4.10. The zero-order valence-electron chi connectivity index (χ0n) is 7.72. The topological polar surface area (TPSA) is 22.1 Å². The molecule has 0 aliphatic heterocycles. The highest BCUT2D eigenvalue weighted by atomic mass is 79.9. The fraction of sp³-hybridized carbons (Fsp3) is 0.100. The lowest BCUT2D eigenvalue weighted by molar-refractivity contribution is 0.412. The highest BCUT2D eigenvalue weighted by molar-refractivity contribution is 9.10. The summed E-state index contributed by atoms with van der Waals surface area (Å²) in [6, 6.07) is 2.73. The molecule has 1 aromatic carbocycles. The number of hydrogen-bond donors (Lipinski definition) is 0. The fourth-order valence-electron chi connectivity index (χ4n) is 1.30. The number of fused-ring (bicyclic) bond motifs is 1. The molecule has 78 valence electrons. The maximum Gasteiger partial charge on any atom is 0.156 e. The van der Waals surface area contributed by atoms with Crippen LogP contribution in [0.25, 0.3) is 10.9 Å². The monoisotopic (exact) mass is 273 g/mol. The van der Waals surface area contributed by atoms with E-state index in [2.05, 4.69) is 20.9 Å². The van der Waals surface area contributed by atoms with E-state index in [0.29, 0.717) is 11.1 Å². The van der Waals surface area contributed by atoms with Crippen molar-refractivity contribution < 1.29 is 13.5 Å². The second kappa shape index (κ2) is 3.73. The maximum atomic E-state index is 13.5. The van der Waals surface area contributed by atoms with Crippen LogP contribution in [-0.4, -0.2) is 12.1 Å². The third-order valence-electron chi connectivity index (χ3n) is 2.03. The Hall–Kier alpha value is -1.23. The minimum absolute atomic E-state index is 0.115. The van der Waals surface area contributed by atoms with E-state index >= 15 is 0 Å². The quantitative estimate of drug-likeness (QED) is 0.796. The van der Waals surface area contributed by atoms with Gasteiger partial charge in [-0.3, -0.25) is 4.98 Å². The molecule has 0 unspecified atom stereocenters. The Kier molecular flexibility index (Phi) is 2.56. The van der Waals surface area contributed by atoms with Crippen LogP contribution in [0.5, 0.6) is 5.75 Å². The summed E-state index contributed by atoms with van der Waals surface area (Å²) >= 11 is 3.04. The molecule has 0 atom stereocenters. The molecule has 2 nitrogen and oxygen atoms in total. The molecule has 0 saturated heterocycles. The predicted molar refractivity (Wildman–Crippen MR) is 55.9 cm³/mol. The number of benzene rings is 1. The van der Waals surface area contributed by atoms with Crippen molar-refractivity contribution in [3.8, 4) is 5.75 Å². The van der Waals surface area contributed by atoms with Crippen molar-refractivity contribution in [1.82, 2.24) is 4.98 Å². The molecular weight excluding hydrogens is 268 g/mol. The lowest BCUT2D eigenvalue weighted by Gasteiger charge is -2.05. The van der Waals surface area contributed by atoms with Crippen LogP contribution in [0.3, 0.4) is 0 Å². The molecule has 0 radical (unpaired) electrons. The Bertz CT molecular complexity index is 530. The smallest absolute Gasteiger partial charge is 0.156 e. The summed E-state index contributed by atoms with van der Waals surface area (Å²) in [6.07, 6.45) is 0.974. The number of aromatic nitrogens is 1. The van der Waals surface area contributed by atoms with E-state index in [0.717, 1.165) is 6.20 Å². The third-order valence-corrected chi connectivity index (χ3v) is 2.83. The predicted octanol–water partition coefficient (Wildman–Crippen LogP) is 3.28. The van der Waals surface area contributed by atoms with Gasteiger partial charge < -0.3 is 4.74 Å². The second-order valence-corrected chi connectivity index (χ2v) is 3.72. The van der Waals surface area contributed by atoms with Gasteiger partial charge in [0, 0.05) is 11.5 Å². The van der Waals surface area contributed by atoms with Crippen molar-refractivity contribution in [2.75, 3.05) is 7.11 Å². The van der Waals surface area contributed by atoms with Gasteiger partial charge in [-0.1, -0.05) is 0 Å². The summed E-state index contributed by atoms with van der Waals surface area (Å²) in [7, 11) is 1.42. The largest absolute Gasteiger partial charge is 0.497 e. The van der Waals surface area contributed by atoms with Gasteiger partial charge in [0.15, 0.2) is 11.6 Å². The molecule has 0 aliphatic carbocycles. The molecule has 0 saturated carbocycles. The Labute approximate surface area is 93.0 Å². The summed E-state index contributed by atoms with van der Waals surface area (Å²) < 4.78 is 31.7. The number of nitrogens with zero attached hydrogens (tertiary/aromatic N) is 1. The average molecular weight is 274 g/mol. The van der Waals surface area contributed by atoms with E-state index in [1.807, 2.05) is 0 Å². The molecule has 0 N–H and O–H groups in total. The van der Waals surface area contributed by atoms with Gasteiger partial charge in [0.1, 0.15) is 11.3 Å². The SMILES string of the molecule is COc1cc(F)c2ncc(F)c(Br)c2c1. The van der Waals surface area contributed by atoms with Crippen molar-refractivity contribution in [2.24, 2.45) is 0 Å². The summed E-state index contributed by atoms with van der Waals surface area (Å²) in [6.45, 7) is 0. The summed E-state index contributed by atoms with van der Waals surface area (Å²) in [5.41, 5.74) is 0.115. The second-order valence-electron chi connectivity index (χ2n) is 2.93. The molecule has 0 fully saturated rings. The van der Waals surface area contributed by atoms with Gasteiger partial charge in [0.05, 0.1) is 17.8 Å². The molecule has 2 rings (SSSR count). The number of methoxy groups -OCH3 is 1.